The summed E-state index contributed by atoms with van der Waals surface area (Å²) in [5.74, 6) is 0.190. The molecule has 1 N–H and O–H groups in total. The van der Waals surface area contributed by atoms with Crippen LogP contribution < -0.4 is 5.32 Å². The van der Waals surface area contributed by atoms with Crippen LogP contribution in [-0.2, 0) is 10.0 Å². The van der Waals surface area contributed by atoms with Gasteiger partial charge in [-0.3, -0.25) is 4.79 Å². The Bertz CT molecular complexity index is 717. The average molecular weight is 387 g/mol. The van der Waals surface area contributed by atoms with E-state index in [9.17, 15) is 13.2 Å². The molecule has 0 spiro atoms. The second-order valence-electron chi connectivity index (χ2n) is 6.58. The van der Waals surface area contributed by atoms with Crippen molar-refractivity contribution in [1.82, 2.24) is 9.62 Å². The number of nitrogens with one attached hydrogen (secondary N) is 1. The molecule has 2 unspecified atom stereocenters. The van der Waals surface area contributed by atoms with Gasteiger partial charge in [0, 0.05) is 24.7 Å². The van der Waals surface area contributed by atoms with E-state index in [0.717, 1.165) is 19.3 Å². The molecule has 1 aromatic carbocycles. The molecule has 0 aromatic heterocycles. The first-order chi connectivity index (χ1) is 11.8. The number of hydrogen-bond donors (Lipinski definition) is 1. The molecule has 1 aliphatic rings. The fourth-order valence-electron chi connectivity index (χ4n) is 3.33. The molecule has 2 rings (SSSR count). The molecule has 25 heavy (non-hydrogen) atoms. The highest BCUT2D eigenvalue weighted by Crippen LogP contribution is 2.27. The van der Waals surface area contributed by atoms with Gasteiger partial charge in [0.15, 0.2) is 0 Å². The van der Waals surface area contributed by atoms with E-state index in [0.29, 0.717) is 24.6 Å². The van der Waals surface area contributed by atoms with Gasteiger partial charge in [0.1, 0.15) is 4.90 Å². The third kappa shape index (κ3) is 4.54. The molecule has 7 heteroatoms. The Kier molecular flexibility index (Phi) is 6.88. The summed E-state index contributed by atoms with van der Waals surface area (Å²) in [6, 6.07) is 4.59. The number of rotatable bonds is 6. The molecule has 5 nitrogen and oxygen atoms in total. The minimum Gasteiger partial charge on any atom is -0.349 e. The molecular formula is C18H27ClN2O3S. The van der Waals surface area contributed by atoms with Gasteiger partial charge in [-0.1, -0.05) is 45.2 Å². The van der Waals surface area contributed by atoms with Gasteiger partial charge >= 0.3 is 0 Å². The van der Waals surface area contributed by atoms with Gasteiger partial charge < -0.3 is 5.32 Å². The molecule has 1 amide bonds. The van der Waals surface area contributed by atoms with Gasteiger partial charge in [-0.05, 0) is 37.0 Å². The Hall–Kier alpha value is -1.11. The lowest BCUT2D eigenvalue weighted by molar-refractivity contribution is 0.0910. The number of amides is 1. The number of nitrogens with zero attached hydrogens (tertiary/aromatic N) is 1. The SMILES string of the molecule is CCN(CC)S(=O)(=O)c1cc(C(=O)NC2CCCCC2C)ccc1Cl. The van der Waals surface area contributed by atoms with Crippen molar-refractivity contribution in [1.29, 1.82) is 0 Å². The normalized spacial score (nSPS) is 21.3. The summed E-state index contributed by atoms with van der Waals surface area (Å²) in [6.07, 6.45) is 4.37. The van der Waals surface area contributed by atoms with Crippen molar-refractivity contribution in [3.8, 4) is 0 Å². The van der Waals surface area contributed by atoms with Crippen molar-refractivity contribution < 1.29 is 13.2 Å². The molecule has 2 atom stereocenters. The Morgan fingerprint density at radius 1 is 1.24 bits per heavy atom. The van der Waals surface area contributed by atoms with Gasteiger partial charge in [-0.2, -0.15) is 4.31 Å². The molecule has 1 saturated carbocycles. The quantitative estimate of drug-likeness (QED) is 0.810. The highest BCUT2D eigenvalue weighted by Gasteiger charge is 2.27. The van der Waals surface area contributed by atoms with Crippen LogP contribution >= 0.6 is 11.6 Å². The first-order valence-corrected chi connectivity index (χ1v) is 10.7. The predicted octanol–water partition coefficient (Wildman–Crippen LogP) is 3.68. The third-order valence-corrected chi connectivity index (χ3v) is 7.48. The van der Waals surface area contributed by atoms with Crippen LogP contribution in [0.4, 0.5) is 0 Å². The van der Waals surface area contributed by atoms with Crippen LogP contribution in [0, 0.1) is 5.92 Å². The van der Waals surface area contributed by atoms with Crippen LogP contribution in [0.25, 0.3) is 0 Å². The summed E-state index contributed by atoms with van der Waals surface area (Å²) < 4.78 is 26.8. The zero-order chi connectivity index (χ0) is 18.6. The smallest absolute Gasteiger partial charge is 0.251 e. The van der Waals surface area contributed by atoms with Gasteiger partial charge in [0.2, 0.25) is 10.0 Å². The van der Waals surface area contributed by atoms with E-state index in [2.05, 4.69) is 12.2 Å². The Morgan fingerprint density at radius 2 is 1.88 bits per heavy atom. The Labute approximate surface area is 155 Å². The van der Waals surface area contributed by atoms with Gasteiger partial charge in [-0.15, -0.1) is 0 Å². The van der Waals surface area contributed by atoms with Crippen molar-refractivity contribution in [3.05, 3.63) is 28.8 Å². The van der Waals surface area contributed by atoms with Gasteiger partial charge in [-0.25, -0.2) is 8.42 Å². The predicted molar refractivity (Wildman–Crippen MR) is 100 cm³/mol. The standard InChI is InChI=1S/C18H27ClN2O3S/c1-4-21(5-2)25(23,24)17-12-14(10-11-15(17)19)18(22)20-16-9-7-6-8-13(16)3/h10-13,16H,4-9H2,1-3H3,(H,20,22). The summed E-state index contributed by atoms with van der Waals surface area (Å²) >= 11 is 6.12. The zero-order valence-corrected chi connectivity index (χ0v) is 16.7. The number of hydrogen-bond acceptors (Lipinski definition) is 3. The van der Waals surface area contributed by atoms with Crippen LogP contribution in [0.15, 0.2) is 23.1 Å². The fraction of sp³-hybridized carbons (Fsp3) is 0.611. The highest BCUT2D eigenvalue weighted by molar-refractivity contribution is 7.89. The first kappa shape index (κ1) is 20.2. The molecule has 0 aliphatic heterocycles. The molecule has 1 fully saturated rings. The second-order valence-corrected chi connectivity index (χ2v) is 8.89. The molecule has 1 aliphatic carbocycles. The van der Waals surface area contributed by atoms with E-state index in [1.165, 1.54) is 22.9 Å². The van der Waals surface area contributed by atoms with Crippen LogP contribution in [0.3, 0.4) is 0 Å². The van der Waals surface area contributed by atoms with Gasteiger partial charge in [0.25, 0.3) is 5.91 Å². The molecular weight excluding hydrogens is 360 g/mol. The van der Waals surface area contributed by atoms with Crippen molar-refractivity contribution >= 4 is 27.5 Å². The lowest BCUT2D eigenvalue weighted by atomic mass is 9.86. The van der Waals surface area contributed by atoms with Crippen LogP contribution in [-0.4, -0.2) is 37.8 Å². The minimum absolute atomic E-state index is 0.0118. The number of carbonyl (C=O) groups excluding carboxylic acids is 1. The topological polar surface area (TPSA) is 66.5 Å². The molecule has 0 bridgehead atoms. The number of carbonyl (C=O) groups is 1. The first-order valence-electron chi connectivity index (χ1n) is 8.91. The van der Waals surface area contributed by atoms with Crippen LogP contribution in [0.5, 0.6) is 0 Å². The monoisotopic (exact) mass is 386 g/mol. The Morgan fingerprint density at radius 3 is 2.48 bits per heavy atom. The van der Waals surface area contributed by atoms with E-state index in [1.807, 2.05) is 0 Å². The van der Waals surface area contributed by atoms with Crippen molar-refractivity contribution in [2.24, 2.45) is 5.92 Å². The fourth-order valence-corrected chi connectivity index (χ4v) is 5.29. The molecule has 1 aromatic rings. The van der Waals surface area contributed by atoms with Crippen molar-refractivity contribution in [2.45, 2.75) is 57.4 Å². The maximum Gasteiger partial charge on any atom is 0.251 e. The summed E-state index contributed by atoms with van der Waals surface area (Å²) in [5, 5.41) is 3.18. The summed E-state index contributed by atoms with van der Waals surface area (Å²) in [5.41, 5.74) is 0.327. The average Bonchev–Trinajstić information content (AvgIpc) is 2.58. The molecule has 0 radical (unpaired) electrons. The largest absolute Gasteiger partial charge is 0.349 e. The van der Waals surface area contributed by atoms with E-state index < -0.39 is 10.0 Å². The third-order valence-electron chi connectivity index (χ3n) is 4.94. The number of halogens is 1. The number of sulfonamides is 1. The number of benzene rings is 1. The van der Waals surface area contributed by atoms with Crippen molar-refractivity contribution in [3.63, 3.8) is 0 Å². The maximum atomic E-state index is 12.7. The summed E-state index contributed by atoms with van der Waals surface area (Å²) in [4.78, 5) is 12.6. The van der Waals surface area contributed by atoms with Crippen molar-refractivity contribution in [2.75, 3.05) is 13.1 Å². The lowest BCUT2D eigenvalue weighted by Gasteiger charge is -2.29. The second kappa shape index (κ2) is 8.52. The molecule has 0 saturated heterocycles. The van der Waals surface area contributed by atoms with Crippen LogP contribution in [0.1, 0.15) is 56.8 Å². The van der Waals surface area contributed by atoms with E-state index >= 15 is 0 Å². The van der Waals surface area contributed by atoms with Gasteiger partial charge in [0.05, 0.1) is 5.02 Å². The van der Waals surface area contributed by atoms with Crippen LogP contribution in [0.2, 0.25) is 5.02 Å². The Balaban J connectivity index is 2.27. The molecule has 140 valence electrons. The van der Waals surface area contributed by atoms with E-state index in [4.69, 9.17) is 11.6 Å². The summed E-state index contributed by atoms with van der Waals surface area (Å²) in [7, 11) is -3.71. The summed E-state index contributed by atoms with van der Waals surface area (Å²) in [6.45, 7) is 6.39. The minimum atomic E-state index is -3.71. The molecule has 0 heterocycles. The van der Waals surface area contributed by atoms with E-state index in [-0.39, 0.29) is 21.9 Å². The lowest BCUT2D eigenvalue weighted by Crippen LogP contribution is -2.41. The highest BCUT2D eigenvalue weighted by atomic mass is 35.5. The maximum absolute atomic E-state index is 12.7. The zero-order valence-electron chi connectivity index (χ0n) is 15.1. The van der Waals surface area contributed by atoms with E-state index in [1.54, 1.807) is 19.9 Å².